The molecule has 0 fully saturated rings. The van der Waals surface area contributed by atoms with Crippen molar-refractivity contribution < 1.29 is 107 Å². The number of nitrogens with two attached hydrogens (primary N) is 6. The van der Waals surface area contributed by atoms with E-state index in [1.54, 1.807) is 139 Å². The number of unbranched alkanes of at least 4 members (excludes halogenated alkanes) is 1. The smallest absolute Gasteiger partial charge is 0.326 e. The van der Waals surface area contributed by atoms with Crippen molar-refractivity contribution in [1.82, 2.24) is 90.0 Å². The summed E-state index contributed by atoms with van der Waals surface area (Å²) < 4.78 is 0. The lowest BCUT2D eigenvalue weighted by molar-refractivity contribution is -0.144. The van der Waals surface area contributed by atoms with Crippen LogP contribution in [0.5, 0.6) is 0 Å². The number of amides is 15. The summed E-state index contributed by atoms with van der Waals surface area (Å²) in [6.07, 6.45) is -2.02. The maximum absolute atomic E-state index is 15.6. The lowest BCUT2D eigenvalue weighted by Crippen LogP contribution is -2.62. The monoisotopic (exact) mass is 2000 g/mol. The SMILES string of the molecule is CC[C@H](C)[C@H](NC(=O)[C@H](Cc1ccccc1)NC(=O)[C@H](CC(=O)O)NC(=O)[C@H](CCCNC(=N)N)N(C)C(=O)[C@H](Cc1ccccc1)NC(=O)[C@H](Cc1ccccc1)NC(=O)[C@H](CCCCN)NC(=O)[C@H](CO)NC(=O)[C@H](CC(C)C)NC(=O)[C@H](CCCNC(=N)N)NC(=O)[C@H](CCSC)NC(=O)[C@@H](N)CCC(=O)O)C(=O)N[C@@H](CC(C)C)C(=O)N[C@@H](CCC(N)=O)C(=O)N[C@@H](CCCNC(=N)N)C(=O)O. The van der Waals surface area contributed by atoms with Gasteiger partial charge in [0.2, 0.25) is 88.6 Å². The number of rotatable bonds is 69. The fourth-order valence-electron chi connectivity index (χ4n) is 14.6. The zero-order valence-corrected chi connectivity index (χ0v) is 81.9. The van der Waals surface area contributed by atoms with Gasteiger partial charge >= 0.3 is 17.9 Å². The fourth-order valence-corrected chi connectivity index (χ4v) is 15.1. The first-order valence-corrected chi connectivity index (χ1v) is 48.2. The minimum Gasteiger partial charge on any atom is -0.481 e. The molecule has 141 heavy (non-hydrogen) atoms. The van der Waals surface area contributed by atoms with Crippen LogP contribution in [0.2, 0.25) is 0 Å². The highest BCUT2D eigenvalue weighted by molar-refractivity contribution is 7.98. The Bertz CT molecular complexity index is 4630. The van der Waals surface area contributed by atoms with Crippen LogP contribution in [0.15, 0.2) is 91.0 Å². The van der Waals surface area contributed by atoms with E-state index in [1.165, 1.54) is 18.8 Å². The number of benzene rings is 3. The average Bonchev–Trinajstić information content (AvgIpc) is 0.833. The minimum atomic E-state index is -2.07. The number of aliphatic hydroxyl groups is 1. The highest BCUT2D eigenvalue weighted by atomic mass is 32.2. The molecule has 0 saturated heterocycles. The number of aliphatic hydroxyl groups excluding tert-OH is 1. The Morgan fingerprint density at radius 2 is 0.730 bits per heavy atom. The molecule has 0 aliphatic carbocycles. The molecule has 0 aliphatic heterocycles. The van der Waals surface area contributed by atoms with Crippen LogP contribution in [0.1, 0.15) is 174 Å². The summed E-state index contributed by atoms with van der Waals surface area (Å²) in [6, 6.07) is 0.787. The standard InChI is InChI=1S/C92H146N26O22S/c1-9-53(6)74(87(137)114-64(45-52(4)5)80(130)108-60(35-36-71(95)120)78(128)109-62(89(139)140)32-22-41-103-91(98)99)117-84(134)66(47-55-26-15-11-16-27-55)112-83(133)67(49-73(123)124)113-86(136)70(33-23-42-104-92(100)101)118(7)88(138)68(48-56-28-17-12-18-29-56)115-82(132)65(46-54-24-13-10-14-25-54)111-76(126)58(30-19-20-39-93)107-85(135)69(50-119)116-81(131)63(44-51(2)3)110-77(127)59(31-21-40-102-90(96)97)106-79(129)61(38-43-141-8)105-75(125)57(94)34-37-72(121)122/h10-18,24-29,51-53,57-70,74,119H,9,19-23,30-50,93-94H2,1-8H3,(H2,95,120)(H,105,125)(H,106,129)(H,107,135)(H,108,130)(H,109,128)(H,110,127)(H,111,126)(H,112,133)(H,113,136)(H,114,137)(H,115,132)(H,116,131)(H,117,134)(H,121,122)(H,123,124)(H,139,140)(H4,96,97,102)(H4,98,99,103)(H4,100,101,104)/t53-,57-,58-,59-,60-,61-,62-,63-,64-,65-,66-,67-,68-,69-,70-,74-/m0/s1. The van der Waals surface area contributed by atoms with Crippen molar-refractivity contribution in [2.75, 3.05) is 51.8 Å². The number of carboxylic acids is 3. The molecule has 0 aliphatic rings. The maximum atomic E-state index is 15.6. The van der Waals surface area contributed by atoms with Gasteiger partial charge in [0.25, 0.3) is 0 Å². The van der Waals surface area contributed by atoms with Gasteiger partial charge in [0.05, 0.1) is 19.1 Å². The zero-order chi connectivity index (χ0) is 106. The molecule has 35 N–H and O–H groups in total. The number of likely N-dealkylation sites (N-methyl/N-ethyl adjacent to an activating group) is 1. The number of thioether (sulfide) groups is 1. The number of hydrogen-bond acceptors (Lipinski definition) is 25. The van der Waals surface area contributed by atoms with Crippen molar-refractivity contribution in [2.45, 2.75) is 267 Å². The maximum Gasteiger partial charge on any atom is 0.326 e. The number of aliphatic carboxylic acids is 3. The van der Waals surface area contributed by atoms with Gasteiger partial charge in [-0.05, 0) is 143 Å². The highest BCUT2D eigenvalue weighted by Gasteiger charge is 2.42. The van der Waals surface area contributed by atoms with Gasteiger partial charge in [0.15, 0.2) is 17.9 Å². The van der Waals surface area contributed by atoms with Gasteiger partial charge in [0.1, 0.15) is 84.6 Å². The predicted molar refractivity (Wildman–Crippen MR) is 524 cm³/mol. The van der Waals surface area contributed by atoms with Gasteiger partial charge in [-0.1, -0.05) is 139 Å². The lowest BCUT2D eigenvalue weighted by atomic mass is 9.95. The molecular formula is C92H146N26O22S. The van der Waals surface area contributed by atoms with Crippen LogP contribution in [-0.4, -0.2) is 292 Å². The molecule has 3 aromatic carbocycles. The summed E-state index contributed by atoms with van der Waals surface area (Å²) in [5.41, 5.74) is 35.1. The van der Waals surface area contributed by atoms with Crippen LogP contribution in [0.3, 0.4) is 0 Å². The molecule has 0 spiro atoms. The lowest BCUT2D eigenvalue weighted by Gasteiger charge is -2.33. The largest absolute Gasteiger partial charge is 0.481 e. The Hall–Kier alpha value is -13.8. The molecule has 15 amide bonds. The summed E-state index contributed by atoms with van der Waals surface area (Å²) in [5, 5.41) is 105. The zero-order valence-electron chi connectivity index (χ0n) is 81.1. The molecule has 0 unspecified atom stereocenters. The second-order valence-corrected chi connectivity index (χ2v) is 36.1. The number of nitrogens with zero attached hydrogens (tertiary/aromatic N) is 1. The van der Waals surface area contributed by atoms with Crippen molar-refractivity contribution in [3.8, 4) is 0 Å². The third-order valence-corrected chi connectivity index (χ3v) is 23.1. The number of primary amides is 1. The van der Waals surface area contributed by atoms with Gasteiger partial charge in [-0.3, -0.25) is 97.7 Å². The summed E-state index contributed by atoms with van der Waals surface area (Å²) in [7, 11) is 1.19. The van der Waals surface area contributed by atoms with E-state index >= 15 is 28.8 Å². The summed E-state index contributed by atoms with van der Waals surface area (Å²) in [6.45, 7) is 9.18. The molecule has 3 rings (SSSR count). The van der Waals surface area contributed by atoms with Crippen LogP contribution in [-0.2, 0) is 106 Å². The first-order valence-electron chi connectivity index (χ1n) is 46.8. The normalized spacial score (nSPS) is 14.5. The van der Waals surface area contributed by atoms with Crippen molar-refractivity contribution in [1.29, 1.82) is 16.2 Å². The molecule has 0 radical (unpaired) electrons. The van der Waals surface area contributed by atoms with Gasteiger partial charge in [-0.15, -0.1) is 0 Å². The van der Waals surface area contributed by atoms with Gasteiger partial charge < -0.3 is 145 Å². The van der Waals surface area contributed by atoms with Gasteiger partial charge in [-0.25, -0.2) is 4.79 Å². The molecular weight excluding hydrogens is 1850 g/mol. The summed E-state index contributed by atoms with van der Waals surface area (Å²) >= 11 is 1.33. The molecule has 48 nitrogen and oxygen atoms in total. The molecule has 0 heterocycles. The van der Waals surface area contributed by atoms with Crippen molar-refractivity contribution in [3.63, 3.8) is 0 Å². The second kappa shape index (κ2) is 65.2. The van der Waals surface area contributed by atoms with Crippen molar-refractivity contribution in [3.05, 3.63) is 108 Å². The van der Waals surface area contributed by atoms with E-state index in [0.29, 0.717) is 28.9 Å². The Kier molecular flexibility index (Phi) is 56.1. The third-order valence-electron chi connectivity index (χ3n) is 22.5. The highest BCUT2D eigenvalue weighted by Crippen LogP contribution is 2.20. The molecule has 782 valence electrons. The van der Waals surface area contributed by atoms with Crippen molar-refractivity contribution >= 4 is 136 Å². The van der Waals surface area contributed by atoms with Gasteiger partial charge in [0, 0.05) is 58.8 Å². The topological polar surface area (TPSA) is 812 Å². The van der Waals surface area contributed by atoms with Crippen LogP contribution in [0.25, 0.3) is 0 Å². The quantitative estimate of drug-likeness (QED) is 0.0144. The molecule has 0 aromatic heterocycles. The van der Waals surface area contributed by atoms with E-state index in [1.807, 2.05) is 0 Å². The van der Waals surface area contributed by atoms with Crippen LogP contribution in [0, 0.1) is 34.0 Å². The number of carboxylic acid groups (broad SMARTS) is 3. The predicted octanol–water partition coefficient (Wildman–Crippen LogP) is -4.34. The van der Waals surface area contributed by atoms with E-state index < -0.39 is 247 Å². The summed E-state index contributed by atoms with van der Waals surface area (Å²) in [5.74, 6) is -21.6. The Morgan fingerprint density at radius 1 is 0.383 bits per heavy atom. The fraction of sp³-hybridized carbons (Fsp3) is 0.576. The first kappa shape index (κ1) is 121. The van der Waals surface area contributed by atoms with E-state index in [0.717, 1.165) is 4.90 Å². The van der Waals surface area contributed by atoms with E-state index in [9.17, 15) is 78.0 Å². The van der Waals surface area contributed by atoms with E-state index in [-0.39, 0.29) is 147 Å². The molecule has 49 heteroatoms. The average molecular weight is 2000 g/mol. The molecule has 0 bridgehead atoms. The third kappa shape index (κ3) is 47.6. The van der Waals surface area contributed by atoms with E-state index in [4.69, 9.17) is 50.6 Å². The first-order chi connectivity index (χ1) is 66.7. The number of guanidine groups is 3. The Morgan fingerprint density at radius 3 is 1.14 bits per heavy atom. The number of carbonyl (C=O) groups excluding carboxylic acids is 15. The number of carbonyl (C=O) groups is 18. The molecule has 16 atom stereocenters. The molecule has 0 saturated carbocycles. The van der Waals surface area contributed by atoms with E-state index in [2.05, 4.69) is 85.1 Å². The van der Waals surface area contributed by atoms with Crippen LogP contribution < -0.4 is 119 Å². The molecule has 3 aromatic rings. The second-order valence-electron chi connectivity index (χ2n) is 35.1. The Balaban J connectivity index is 2.12. The summed E-state index contributed by atoms with van der Waals surface area (Å²) in [4.78, 5) is 255. The number of nitrogens with one attached hydrogen (secondary N) is 19. The van der Waals surface area contributed by atoms with Crippen LogP contribution >= 0.6 is 11.8 Å². The van der Waals surface area contributed by atoms with Gasteiger partial charge in [-0.2, -0.15) is 11.8 Å². The number of hydrogen-bond donors (Lipinski definition) is 29. The Labute approximate surface area is 823 Å². The van der Waals surface area contributed by atoms with Crippen LogP contribution in [0.4, 0.5) is 0 Å². The minimum absolute atomic E-state index is 0.0359. The van der Waals surface area contributed by atoms with Crippen molar-refractivity contribution in [2.24, 2.45) is 52.2 Å².